The Morgan fingerprint density at radius 2 is 1.90 bits per heavy atom. The van der Waals surface area contributed by atoms with Gasteiger partial charge in [-0.2, -0.15) is 0 Å². The number of aryl methyl sites for hydroxylation is 1. The first-order chi connectivity index (χ1) is 20.8. The van der Waals surface area contributed by atoms with Crippen molar-refractivity contribution in [3.63, 3.8) is 0 Å². The van der Waals surface area contributed by atoms with E-state index in [0.717, 1.165) is 12.8 Å². The number of aromatic nitrogens is 3. The van der Waals surface area contributed by atoms with Crippen LogP contribution in [0.5, 0.6) is 5.75 Å². The Kier molecular flexibility index (Phi) is 7.10. The van der Waals surface area contributed by atoms with Gasteiger partial charge < -0.3 is 30.3 Å². The van der Waals surface area contributed by atoms with Crippen LogP contribution in [0.25, 0.3) is 10.6 Å². The molecule has 1 saturated heterocycles. The first-order valence-electron chi connectivity index (χ1n) is 14.7. The summed E-state index contributed by atoms with van der Waals surface area (Å²) < 4.78 is 33.8. The Hall–Kier alpha value is -4.10. The Labute approximate surface area is 246 Å². The van der Waals surface area contributed by atoms with E-state index in [1.165, 1.54) is 24.5 Å². The van der Waals surface area contributed by atoms with E-state index in [2.05, 4.69) is 25.8 Å². The molecule has 2 aromatic heterocycles. The quantitative estimate of drug-likeness (QED) is 0.362. The van der Waals surface area contributed by atoms with Crippen LogP contribution in [0, 0.1) is 12.8 Å². The number of hydrogen-bond donors (Lipinski definition) is 3. The molecule has 3 aromatic rings. The zero-order valence-electron chi connectivity index (χ0n) is 26.1. The van der Waals surface area contributed by atoms with Crippen LogP contribution in [0.2, 0.25) is 0 Å². The summed E-state index contributed by atoms with van der Waals surface area (Å²) in [5, 5.41) is 16.1. The third kappa shape index (κ3) is 6.15. The Morgan fingerprint density at radius 1 is 1.15 bits per heavy atom. The van der Waals surface area contributed by atoms with E-state index < -0.39 is 12.9 Å². The largest absolute Gasteiger partial charge is 0.494 e. The van der Waals surface area contributed by atoms with Gasteiger partial charge in [0.2, 0.25) is 5.91 Å². The molecule has 1 aromatic carbocycles. The van der Waals surface area contributed by atoms with Gasteiger partial charge in [0.15, 0.2) is 17.3 Å². The Balaban J connectivity index is 1.48. The van der Waals surface area contributed by atoms with Crippen molar-refractivity contribution in [2.75, 3.05) is 37.8 Å². The van der Waals surface area contributed by atoms with Crippen molar-refractivity contribution >= 4 is 46.3 Å². The molecule has 216 valence electrons. The van der Waals surface area contributed by atoms with Crippen molar-refractivity contribution in [3.8, 4) is 16.3 Å². The van der Waals surface area contributed by atoms with E-state index in [4.69, 9.17) is 13.6 Å². The molecule has 3 amide bonds. The highest BCUT2D eigenvalue weighted by Gasteiger charge is 2.31. The number of carbonyl (C=O) groups excluding carboxylic acids is 3. The van der Waals surface area contributed by atoms with Crippen molar-refractivity contribution in [1.29, 1.82) is 0 Å². The van der Waals surface area contributed by atoms with Gasteiger partial charge in [0.25, 0.3) is 11.8 Å². The van der Waals surface area contributed by atoms with Crippen molar-refractivity contribution in [3.05, 3.63) is 40.5 Å². The zero-order chi connectivity index (χ0) is 31.8. The fraction of sp³-hybridized carbons (Fsp3) is 0.429. The van der Waals surface area contributed by atoms with Crippen LogP contribution in [0.4, 0.5) is 17.2 Å². The summed E-state index contributed by atoms with van der Waals surface area (Å²) in [5.74, 6) is -0.963. The average Bonchev–Trinajstić information content (AvgIpc) is 3.73. The summed E-state index contributed by atoms with van der Waals surface area (Å²) in [6, 6.07) is 6.64. The molecular formula is C28H33N7O5S. The number of hydrogen-bond acceptors (Lipinski definition) is 10. The lowest BCUT2D eigenvalue weighted by Gasteiger charge is -2.35. The molecule has 2 atom stereocenters. The molecule has 12 nitrogen and oxygen atoms in total. The van der Waals surface area contributed by atoms with Gasteiger partial charge in [-0.05, 0) is 45.7 Å². The number of carbonyl (C=O) groups is 3. The van der Waals surface area contributed by atoms with Crippen LogP contribution >= 0.6 is 11.3 Å². The van der Waals surface area contributed by atoms with Gasteiger partial charge in [-0.25, -0.2) is 4.98 Å². The SMILES string of the molecule is [2H]C([2H])([2H])NC(=O)c1nnc(NC(=O)C2CC2)cc1Nc1cccc(-c2nc(C)c(C(=O)N3C[C@@H](C)O[C@@H](C)C3)s2)c1OC. The van der Waals surface area contributed by atoms with Crippen molar-refractivity contribution in [2.24, 2.45) is 5.92 Å². The summed E-state index contributed by atoms with van der Waals surface area (Å²) in [6.07, 6.45) is 1.41. The molecule has 13 heteroatoms. The summed E-state index contributed by atoms with van der Waals surface area (Å²) >= 11 is 1.25. The van der Waals surface area contributed by atoms with E-state index in [1.807, 2.05) is 19.2 Å². The molecule has 1 saturated carbocycles. The summed E-state index contributed by atoms with van der Waals surface area (Å²) in [4.78, 5) is 45.6. The lowest BCUT2D eigenvalue weighted by molar-refractivity contribution is -0.117. The molecule has 0 spiro atoms. The standard InChI is InChI=1S/C28H33N7O5S/c1-14-12-35(13-15(2)40-14)28(38)24-16(3)30-27(41-24)18-7-6-8-19(23(18)39-5)31-20-11-21(32-25(36)17-9-10-17)33-34-22(20)26(37)29-4/h6-8,11,14-15,17H,9-10,12-13H2,1-5H3,(H,29,37)(H2,31,32,33,36)/t14-,15+/i4D3. The van der Waals surface area contributed by atoms with E-state index >= 15 is 0 Å². The highest BCUT2D eigenvalue weighted by atomic mass is 32.1. The number of morpholine rings is 1. The van der Waals surface area contributed by atoms with Crippen LogP contribution in [-0.2, 0) is 9.53 Å². The van der Waals surface area contributed by atoms with Crippen LogP contribution in [0.3, 0.4) is 0 Å². The maximum atomic E-state index is 13.4. The normalized spacial score (nSPS) is 19.9. The molecule has 5 rings (SSSR count). The number of methoxy groups -OCH3 is 1. The molecule has 1 aliphatic carbocycles. The molecule has 41 heavy (non-hydrogen) atoms. The minimum Gasteiger partial charge on any atom is -0.494 e. The second-order valence-electron chi connectivity index (χ2n) is 10.1. The highest BCUT2D eigenvalue weighted by molar-refractivity contribution is 7.17. The molecule has 0 bridgehead atoms. The number of ether oxygens (including phenoxy) is 2. The zero-order valence-corrected chi connectivity index (χ0v) is 23.9. The van der Waals surface area contributed by atoms with Crippen molar-refractivity contribution < 1.29 is 28.0 Å². The summed E-state index contributed by atoms with van der Waals surface area (Å²) in [5.41, 5.74) is 1.36. The number of rotatable bonds is 8. The minimum absolute atomic E-state index is 0.0739. The maximum Gasteiger partial charge on any atom is 0.273 e. The third-order valence-corrected chi connectivity index (χ3v) is 7.92. The number of benzene rings is 1. The van der Waals surface area contributed by atoms with E-state index in [-0.39, 0.29) is 47.1 Å². The van der Waals surface area contributed by atoms with Crippen molar-refractivity contribution in [1.82, 2.24) is 25.4 Å². The molecule has 2 fully saturated rings. The molecule has 0 radical (unpaired) electrons. The maximum absolute atomic E-state index is 13.4. The second kappa shape index (κ2) is 11.8. The molecule has 0 unspecified atom stereocenters. The lowest BCUT2D eigenvalue weighted by atomic mass is 10.1. The lowest BCUT2D eigenvalue weighted by Crippen LogP contribution is -2.48. The Morgan fingerprint density at radius 3 is 2.59 bits per heavy atom. The second-order valence-corrected chi connectivity index (χ2v) is 11.1. The number of anilines is 3. The van der Waals surface area contributed by atoms with Crippen LogP contribution < -0.4 is 20.7 Å². The molecule has 1 aliphatic heterocycles. The van der Waals surface area contributed by atoms with Crippen LogP contribution in [-0.4, -0.2) is 77.2 Å². The molecule has 3 N–H and O–H groups in total. The predicted octanol–water partition coefficient (Wildman–Crippen LogP) is 3.62. The topological polar surface area (TPSA) is 148 Å². The van der Waals surface area contributed by atoms with E-state index in [1.54, 1.807) is 30.0 Å². The number of thiazole rings is 1. The summed E-state index contributed by atoms with van der Waals surface area (Å²) in [7, 11) is 1.47. The van der Waals surface area contributed by atoms with Gasteiger partial charge in [0, 0.05) is 36.2 Å². The van der Waals surface area contributed by atoms with E-state index in [9.17, 15) is 14.4 Å². The van der Waals surface area contributed by atoms with Gasteiger partial charge >= 0.3 is 0 Å². The van der Waals surface area contributed by atoms with Gasteiger partial charge in [0.1, 0.15) is 9.88 Å². The highest BCUT2D eigenvalue weighted by Crippen LogP contribution is 2.41. The number of para-hydroxylation sites is 1. The van der Waals surface area contributed by atoms with Crippen LogP contribution in [0.1, 0.15) is 56.7 Å². The summed E-state index contributed by atoms with van der Waals surface area (Å²) in [6.45, 7) is 3.86. The predicted molar refractivity (Wildman–Crippen MR) is 155 cm³/mol. The number of nitrogens with one attached hydrogen (secondary N) is 3. The van der Waals surface area contributed by atoms with Crippen LogP contribution in [0.15, 0.2) is 24.3 Å². The van der Waals surface area contributed by atoms with E-state index in [0.29, 0.717) is 45.7 Å². The first-order valence-corrected chi connectivity index (χ1v) is 14.0. The van der Waals surface area contributed by atoms with Gasteiger partial charge in [-0.15, -0.1) is 21.5 Å². The minimum atomic E-state index is -2.76. The number of amides is 3. The molecular weight excluding hydrogens is 546 g/mol. The number of nitrogens with zero attached hydrogens (tertiary/aromatic N) is 4. The smallest absolute Gasteiger partial charge is 0.273 e. The first kappa shape index (κ1) is 24.7. The molecule has 3 heterocycles. The van der Waals surface area contributed by atoms with Gasteiger partial charge in [-0.1, -0.05) is 6.07 Å². The van der Waals surface area contributed by atoms with Crippen molar-refractivity contribution in [2.45, 2.75) is 45.8 Å². The average molecular weight is 583 g/mol. The monoisotopic (exact) mass is 582 g/mol. The fourth-order valence-electron chi connectivity index (χ4n) is 4.72. The third-order valence-electron chi connectivity index (χ3n) is 6.74. The van der Waals surface area contributed by atoms with Gasteiger partial charge in [-0.3, -0.25) is 14.4 Å². The fourth-order valence-corrected chi connectivity index (χ4v) is 5.77. The van der Waals surface area contributed by atoms with Gasteiger partial charge in [0.05, 0.1) is 41.9 Å². The Bertz CT molecular complexity index is 1580. The molecule has 2 aliphatic rings.